The van der Waals surface area contributed by atoms with Gasteiger partial charge in [-0.25, -0.2) is 0 Å². The number of anilines is 2. The number of ether oxygens (including phenoxy) is 1. The summed E-state index contributed by atoms with van der Waals surface area (Å²) in [5.41, 5.74) is 14.6. The van der Waals surface area contributed by atoms with Gasteiger partial charge in [-0.15, -0.1) is 0 Å². The number of benzene rings is 1. The lowest BCUT2D eigenvalue weighted by atomic mass is 9.34. The molecule has 0 aliphatic heterocycles. The zero-order chi connectivity index (χ0) is 25.2. The average molecular weight is 491 g/mol. The molecule has 198 valence electrons. The maximum absolute atomic E-state index is 6.45. The van der Waals surface area contributed by atoms with E-state index in [9.17, 15) is 0 Å². The molecule has 6 rings (SSSR count). The Hall–Kier alpha value is -1.64. The smallest absolute Gasteiger partial charge is 0.142 e. The molecule has 3 nitrogen and oxygen atoms in total. The van der Waals surface area contributed by atoms with Gasteiger partial charge in [0.15, 0.2) is 0 Å². The molecule has 0 saturated heterocycles. The second-order valence-corrected chi connectivity index (χ2v) is 14.4. The third-order valence-electron chi connectivity index (χ3n) is 12.1. The van der Waals surface area contributed by atoms with Crippen molar-refractivity contribution < 1.29 is 4.74 Å². The molecule has 0 radical (unpaired) electrons. The fraction of sp³-hybridized carbons (Fsp3) is 0.758. The van der Waals surface area contributed by atoms with E-state index in [4.69, 9.17) is 16.2 Å². The number of fused-ring (bicyclic) bond motifs is 2. The predicted octanol–water partition coefficient (Wildman–Crippen LogP) is 8.11. The van der Waals surface area contributed by atoms with E-state index in [2.05, 4.69) is 39.8 Å². The predicted molar refractivity (Wildman–Crippen MR) is 150 cm³/mol. The summed E-state index contributed by atoms with van der Waals surface area (Å²) in [6.07, 6.45) is 19.5. The highest BCUT2D eigenvalue weighted by Crippen LogP contribution is 2.75. The van der Waals surface area contributed by atoms with Crippen LogP contribution in [0.25, 0.3) is 0 Å². The molecule has 0 aromatic heterocycles. The minimum absolute atomic E-state index is 0.267. The fourth-order valence-corrected chi connectivity index (χ4v) is 10.6. The van der Waals surface area contributed by atoms with E-state index in [1.807, 2.05) is 18.2 Å². The summed E-state index contributed by atoms with van der Waals surface area (Å²) in [7, 11) is 0. The maximum Gasteiger partial charge on any atom is 0.142 e. The van der Waals surface area contributed by atoms with E-state index in [1.165, 1.54) is 57.8 Å². The van der Waals surface area contributed by atoms with Gasteiger partial charge in [-0.1, -0.05) is 59.1 Å². The Balaban J connectivity index is 1.16. The maximum atomic E-state index is 6.45. The number of nitrogen functional groups attached to an aromatic ring is 2. The highest BCUT2D eigenvalue weighted by Gasteiger charge is 2.69. The second kappa shape index (κ2) is 8.98. The summed E-state index contributed by atoms with van der Waals surface area (Å²) >= 11 is 0. The van der Waals surface area contributed by atoms with Crippen LogP contribution in [0, 0.1) is 58.2 Å². The van der Waals surface area contributed by atoms with Gasteiger partial charge in [0.1, 0.15) is 5.75 Å². The van der Waals surface area contributed by atoms with Crippen molar-refractivity contribution in [3.05, 3.63) is 30.4 Å². The van der Waals surface area contributed by atoms with Gasteiger partial charge in [0.25, 0.3) is 0 Å². The van der Waals surface area contributed by atoms with E-state index >= 15 is 0 Å². The molecule has 1 aromatic rings. The van der Waals surface area contributed by atoms with Crippen molar-refractivity contribution in [2.75, 3.05) is 11.5 Å². The van der Waals surface area contributed by atoms with Crippen molar-refractivity contribution >= 4 is 11.4 Å². The third-order valence-corrected chi connectivity index (χ3v) is 12.1. The number of nitrogens with two attached hydrogens (primary N) is 2. The molecule has 3 heteroatoms. The Morgan fingerprint density at radius 1 is 1.03 bits per heavy atom. The van der Waals surface area contributed by atoms with Crippen LogP contribution in [0.5, 0.6) is 5.75 Å². The molecule has 1 aromatic carbocycles. The highest BCUT2D eigenvalue weighted by molar-refractivity contribution is 5.60. The van der Waals surface area contributed by atoms with Crippen molar-refractivity contribution in [2.24, 2.45) is 58.2 Å². The van der Waals surface area contributed by atoms with Crippen molar-refractivity contribution in [3.63, 3.8) is 0 Å². The first-order chi connectivity index (χ1) is 17.2. The van der Waals surface area contributed by atoms with Gasteiger partial charge in [-0.05, 0) is 121 Å². The van der Waals surface area contributed by atoms with Gasteiger partial charge in [0, 0.05) is 5.69 Å². The summed E-state index contributed by atoms with van der Waals surface area (Å²) in [5, 5.41) is 0. The van der Waals surface area contributed by atoms with Crippen molar-refractivity contribution in [3.8, 4) is 5.75 Å². The first kappa shape index (κ1) is 24.7. The molecule has 5 aliphatic carbocycles. The van der Waals surface area contributed by atoms with Crippen LogP contribution < -0.4 is 16.2 Å². The molecule has 5 aliphatic rings. The Morgan fingerprint density at radius 3 is 2.64 bits per heavy atom. The van der Waals surface area contributed by atoms with Crippen LogP contribution in [0.4, 0.5) is 11.4 Å². The van der Waals surface area contributed by atoms with Crippen LogP contribution in [0.15, 0.2) is 30.4 Å². The molecule has 36 heavy (non-hydrogen) atoms. The van der Waals surface area contributed by atoms with Crippen LogP contribution in [-0.4, -0.2) is 6.10 Å². The highest BCUT2D eigenvalue weighted by atomic mass is 16.5. The van der Waals surface area contributed by atoms with Crippen molar-refractivity contribution in [1.29, 1.82) is 0 Å². The lowest BCUT2D eigenvalue weighted by molar-refractivity contribution is -0.202. The summed E-state index contributed by atoms with van der Waals surface area (Å²) in [4.78, 5) is 0. The molecule has 4 saturated carbocycles. The van der Waals surface area contributed by atoms with Crippen LogP contribution in [0.2, 0.25) is 0 Å². The summed E-state index contributed by atoms with van der Waals surface area (Å²) in [6.45, 7) is 10.1. The van der Waals surface area contributed by atoms with Gasteiger partial charge >= 0.3 is 0 Å². The van der Waals surface area contributed by atoms with Gasteiger partial charge in [-0.2, -0.15) is 0 Å². The summed E-state index contributed by atoms with van der Waals surface area (Å²) in [5.74, 6) is 7.79. The van der Waals surface area contributed by atoms with Gasteiger partial charge in [0.05, 0.1) is 11.8 Å². The van der Waals surface area contributed by atoms with Crippen molar-refractivity contribution in [1.82, 2.24) is 0 Å². The molecule has 1 spiro atoms. The zero-order valence-corrected chi connectivity index (χ0v) is 23.2. The van der Waals surface area contributed by atoms with Gasteiger partial charge in [0.2, 0.25) is 0 Å². The molecule has 4 N–H and O–H groups in total. The standard InChI is InChI=1S/C33H50N2O/c1-20(2)6-5-7-21(3)27-11-12-28-26-10-8-23-16-25(36-30-13-9-24(34)17-29(30)35)14-15-33(23)19-22(31(26)33)18-32(27,28)4/h8-10,13,17,20-23,25-28,31H,5-7,11-12,14-16,18-19,34-35H2,1-4H3/t21?,22?,23?,25?,26?,27?,28?,31-,32?,33?/m1/s1. The molecule has 4 fully saturated rings. The second-order valence-electron chi connectivity index (χ2n) is 14.4. The van der Waals surface area contributed by atoms with Crippen LogP contribution >= 0.6 is 0 Å². The molecule has 0 heterocycles. The van der Waals surface area contributed by atoms with E-state index < -0.39 is 0 Å². The lowest BCUT2D eigenvalue weighted by Crippen LogP contribution is -2.64. The Bertz CT molecular complexity index is 1000. The molecular formula is C33H50N2O. The number of rotatable bonds is 7. The molecule has 0 bridgehead atoms. The molecule has 9 unspecified atom stereocenters. The summed E-state index contributed by atoms with van der Waals surface area (Å²) in [6, 6.07) is 5.67. The Morgan fingerprint density at radius 2 is 1.86 bits per heavy atom. The van der Waals surface area contributed by atoms with Crippen molar-refractivity contribution in [2.45, 2.75) is 98.0 Å². The zero-order valence-electron chi connectivity index (χ0n) is 23.2. The fourth-order valence-electron chi connectivity index (χ4n) is 10.6. The van der Waals surface area contributed by atoms with E-state index in [0.29, 0.717) is 28.1 Å². The van der Waals surface area contributed by atoms with E-state index in [0.717, 1.165) is 53.6 Å². The van der Waals surface area contributed by atoms with E-state index in [1.54, 1.807) is 0 Å². The SMILES string of the molecule is CC(C)CCCC(C)C1CCC2C3C=CC4CC(Oc5ccc(N)cc5N)CCC45CC(CC12C)[C@H]35. The largest absolute Gasteiger partial charge is 0.488 e. The number of allylic oxidation sites excluding steroid dienone is 2. The van der Waals surface area contributed by atoms with Crippen LogP contribution in [0.3, 0.4) is 0 Å². The topological polar surface area (TPSA) is 61.3 Å². The summed E-state index contributed by atoms with van der Waals surface area (Å²) < 4.78 is 6.45. The van der Waals surface area contributed by atoms with Crippen LogP contribution in [0.1, 0.15) is 91.9 Å². The normalized spacial score (nSPS) is 43.3. The number of hydrogen-bond acceptors (Lipinski definition) is 3. The average Bonchev–Trinajstić information content (AvgIpc) is 3.16. The molecule has 10 atom stereocenters. The third kappa shape index (κ3) is 3.81. The monoisotopic (exact) mass is 490 g/mol. The van der Waals surface area contributed by atoms with E-state index in [-0.39, 0.29) is 6.10 Å². The quantitative estimate of drug-likeness (QED) is 0.300. The Labute approximate surface area is 219 Å². The minimum Gasteiger partial charge on any atom is -0.488 e. The first-order valence-corrected chi connectivity index (χ1v) is 15.2. The van der Waals surface area contributed by atoms with Gasteiger partial charge in [-0.3, -0.25) is 0 Å². The molecule has 0 amide bonds. The van der Waals surface area contributed by atoms with Crippen LogP contribution in [-0.2, 0) is 0 Å². The lowest BCUT2D eigenvalue weighted by Gasteiger charge is -2.70. The van der Waals surface area contributed by atoms with Gasteiger partial charge < -0.3 is 16.2 Å². The Kier molecular flexibility index (Phi) is 6.16. The number of hydrogen-bond donors (Lipinski definition) is 2. The first-order valence-electron chi connectivity index (χ1n) is 15.2. The molecular weight excluding hydrogens is 440 g/mol. The minimum atomic E-state index is 0.267.